The molecule has 30 heavy (non-hydrogen) atoms. The van der Waals surface area contributed by atoms with E-state index in [1.54, 1.807) is 0 Å². The van der Waals surface area contributed by atoms with Crippen LogP contribution in [0.3, 0.4) is 0 Å². The Morgan fingerprint density at radius 3 is 2.37 bits per heavy atom. The van der Waals surface area contributed by atoms with Gasteiger partial charge in [0, 0.05) is 31.1 Å². The quantitative estimate of drug-likeness (QED) is 0.601. The van der Waals surface area contributed by atoms with E-state index in [-0.39, 0.29) is 30.1 Å². The summed E-state index contributed by atoms with van der Waals surface area (Å²) in [5, 5.41) is 19.4. The molecule has 1 saturated carbocycles. The highest BCUT2D eigenvalue weighted by atomic mass is 28.4. The van der Waals surface area contributed by atoms with Crippen molar-refractivity contribution in [2.45, 2.75) is 88.7 Å². The average molecular weight is 445 g/mol. The van der Waals surface area contributed by atoms with Gasteiger partial charge in [0.05, 0.1) is 24.0 Å². The lowest BCUT2D eigenvalue weighted by Crippen LogP contribution is -2.67. The topological polar surface area (TPSA) is 92.3 Å². The minimum Gasteiger partial charge on any atom is -0.548 e. The molecule has 2 saturated heterocycles. The van der Waals surface area contributed by atoms with E-state index < -0.39 is 33.3 Å². The highest BCUT2D eigenvalue weighted by molar-refractivity contribution is 6.70. The monoisotopic (exact) mass is 444 g/mol. The van der Waals surface area contributed by atoms with Gasteiger partial charge in [0.25, 0.3) is 0 Å². The van der Waals surface area contributed by atoms with E-state index in [1.165, 1.54) is 0 Å². The van der Waals surface area contributed by atoms with Gasteiger partial charge in [-0.1, -0.05) is 0 Å². The first-order valence-corrected chi connectivity index (χ1v) is 17.7. The van der Waals surface area contributed by atoms with Crippen LogP contribution in [0.5, 0.6) is 0 Å². The number of carbonyl (C=O) groups excluding carboxylic acids is 1. The molecule has 5 atom stereocenters. The summed E-state index contributed by atoms with van der Waals surface area (Å²) in [5.74, 6) is 0.755. The highest BCUT2D eigenvalue weighted by Crippen LogP contribution is 2.64. The average Bonchev–Trinajstić information content (AvgIpc) is 3.09. The molecule has 2 aliphatic heterocycles. The van der Waals surface area contributed by atoms with Crippen LogP contribution < -0.4 is 0 Å². The summed E-state index contributed by atoms with van der Waals surface area (Å²) in [7, 11) is -3.83. The molecule has 4 aliphatic rings. The van der Waals surface area contributed by atoms with Gasteiger partial charge in [0.15, 0.2) is 14.1 Å². The van der Waals surface area contributed by atoms with Gasteiger partial charge in [0.2, 0.25) is 8.32 Å². The first-order valence-electron chi connectivity index (χ1n) is 10.9. The smallest absolute Gasteiger partial charge is 0.241 e. The van der Waals surface area contributed by atoms with Gasteiger partial charge >= 0.3 is 0 Å². The fraction of sp³-hybridized carbons (Fsp3) is 0.773. The van der Waals surface area contributed by atoms with Gasteiger partial charge in [-0.05, 0) is 58.2 Å². The standard InChI is InChI=1S/C22H32N2O4Si2/c1-29(2,3)27-16-7-8-21(28-30(4,5)6)17(10-16)18-9-15-11-20(13-23,14-24)12-22(15,26-18)19(21)25/h7,15,17-18H,8-12H2,1-6H3/t15-,17-,18-,21+,22+/m0/s1. The SMILES string of the molecule is C[Si](C)(C)OC1=CC[C@]2(O[Si](C)(C)C)C(=O)[C@@]34CC(C#N)(C#N)C[C@@H]3C[C@H](O4)[C@@H]2C1. The minimum atomic E-state index is -2.07. The zero-order chi connectivity index (χ0) is 22.2. The summed E-state index contributed by atoms with van der Waals surface area (Å²) in [4.78, 5) is 14.2. The Kier molecular flexibility index (Phi) is 4.73. The second-order valence-electron chi connectivity index (χ2n) is 11.5. The lowest BCUT2D eigenvalue weighted by atomic mass is 9.67. The van der Waals surface area contributed by atoms with Crippen LogP contribution in [0.2, 0.25) is 39.3 Å². The summed E-state index contributed by atoms with van der Waals surface area (Å²) < 4.78 is 19.5. The van der Waals surface area contributed by atoms with Crippen molar-refractivity contribution in [1.29, 1.82) is 10.5 Å². The van der Waals surface area contributed by atoms with Crippen molar-refractivity contribution in [1.82, 2.24) is 0 Å². The first-order chi connectivity index (χ1) is 13.8. The van der Waals surface area contributed by atoms with Crippen LogP contribution >= 0.6 is 0 Å². The molecule has 0 aromatic rings. The summed E-state index contributed by atoms with van der Waals surface area (Å²) in [6.07, 6.45) is 4.37. The fourth-order valence-corrected chi connectivity index (χ4v) is 8.51. The maximum atomic E-state index is 14.2. The maximum Gasteiger partial charge on any atom is 0.241 e. The maximum absolute atomic E-state index is 14.2. The number of Topliss-reactive ketones (excluding diaryl/α,β-unsaturated/α-hetero) is 1. The van der Waals surface area contributed by atoms with Gasteiger partial charge in [-0.15, -0.1) is 0 Å². The zero-order valence-corrected chi connectivity index (χ0v) is 20.9. The van der Waals surface area contributed by atoms with Crippen molar-refractivity contribution in [2.75, 3.05) is 0 Å². The number of rotatable bonds is 4. The van der Waals surface area contributed by atoms with Crippen LogP contribution in [0.1, 0.15) is 32.1 Å². The Balaban J connectivity index is 1.77. The molecule has 0 unspecified atom stereocenters. The molecule has 6 nitrogen and oxygen atoms in total. The van der Waals surface area contributed by atoms with Crippen molar-refractivity contribution >= 4 is 22.4 Å². The Hall–Kier alpha value is -1.46. The van der Waals surface area contributed by atoms with E-state index in [2.05, 4.69) is 57.5 Å². The third-order valence-corrected chi connectivity index (χ3v) is 8.77. The van der Waals surface area contributed by atoms with Crippen molar-refractivity contribution in [3.05, 3.63) is 11.8 Å². The van der Waals surface area contributed by atoms with Crippen molar-refractivity contribution in [3.8, 4) is 12.1 Å². The van der Waals surface area contributed by atoms with Gasteiger partial charge in [-0.2, -0.15) is 10.5 Å². The van der Waals surface area contributed by atoms with Crippen molar-refractivity contribution in [3.63, 3.8) is 0 Å². The van der Waals surface area contributed by atoms with E-state index in [9.17, 15) is 15.3 Å². The molecule has 2 heterocycles. The lowest BCUT2D eigenvalue weighted by Gasteiger charge is -2.53. The molecule has 2 bridgehead atoms. The summed E-state index contributed by atoms with van der Waals surface area (Å²) in [6, 6.07) is 4.37. The van der Waals surface area contributed by atoms with Gasteiger partial charge < -0.3 is 13.6 Å². The number of allylic oxidation sites excluding steroid dienone is 1. The van der Waals surface area contributed by atoms with Crippen molar-refractivity contribution < 1.29 is 18.4 Å². The molecule has 0 amide bonds. The summed E-state index contributed by atoms with van der Waals surface area (Å²) in [6.45, 7) is 12.8. The second-order valence-corrected chi connectivity index (χ2v) is 20.4. The number of carbonyl (C=O) groups is 1. The largest absolute Gasteiger partial charge is 0.548 e. The molecule has 4 rings (SSSR count). The molecule has 8 heteroatoms. The number of fused-ring (bicyclic) bond motifs is 3. The molecule has 0 radical (unpaired) electrons. The fourth-order valence-electron chi connectivity index (χ4n) is 6.14. The number of hydrogen-bond donors (Lipinski definition) is 0. The van der Waals surface area contributed by atoms with E-state index >= 15 is 0 Å². The van der Waals surface area contributed by atoms with E-state index in [1.807, 2.05) is 0 Å². The normalized spacial score (nSPS) is 39.4. The zero-order valence-electron chi connectivity index (χ0n) is 18.9. The third-order valence-electron chi connectivity index (χ3n) is 6.92. The molecule has 1 spiro atoms. The number of ketones is 1. The van der Waals surface area contributed by atoms with Crippen LogP contribution in [0.15, 0.2) is 11.8 Å². The molecular weight excluding hydrogens is 412 g/mol. The van der Waals surface area contributed by atoms with Crippen LogP contribution in [-0.4, -0.2) is 39.7 Å². The molecular formula is C22H32N2O4Si2. The Bertz CT molecular complexity index is 877. The van der Waals surface area contributed by atoms with Crippen LogP contribution in [0, 0.1) is 39.9 Å². The number of nitriles is 2. The molecule has 0 aromatic carbocycles. The Labute approximate surface area is 181 Å². The Morgan fingerprint density at radius 2 is 1.80 bits per heavy atom. The third kappa shape index (κ3) is 3.20. The van der Waals surface area contributed by atoms with E-state index in [0.29, 0.717) is 25.7 Å². The van der Waals surface area contributed by atoms with E-state index in [0.717, 1.165) is 5.76 Å². The van der Waals surface area contributed by atoms with Gasteiger partial charge in [-0.3, -0.25) is 4.79 Å². The second kappa shape index (κ2) is 6.52. The minimum absolute atomic E-state index is 0.0307. The van der Waals surface area contributed by atoms with Crippen LogP contribution in [0.4, 0.5) is 0 Å². The van der Waals surface area contributed by atoms with Crippen LogP contribution in [0.25, 0.3) is 0 Å². The van der Waals surface area contributed by atoms with Gasteiger partial charge in [-0.25, -0.2) is 0 Å². The first kappa shape index (κ1) is 21.8. The number of ether oxygens (including phenoxy) is 1. The lowest BCUT2D eigenvalue weighted by molar-refractivity contribution is -0.200. The molecule has 0 N–H and O–H groups in total. The highest BCUT2D eigenvalue weighted by Gasteiger charge is 2.74. The molecule has 0 aromatic heterocycles. The van der Waals surface area contributed by atoms with Crippen molar-refractivity contribution in [2.24, 2.45) is 17.3 Å². The molecule has 162 valence electrons. The molecule has 3 fully saturated rings. The number of nitrogens with zero attached hydrogens (tertiary/aromatic N) is 2. The number of hydrogen-bond acceptors (Lipinski definition) is 6. The summed E-state index contributed by atoms with van der Waals surface area (Å²) in [5.41, 5.74) is -3.14. The Morgan fingerprint density at radius 1 is 1.13 bits per heavy atom. The van der Waals surface area contributed by atoms with Gasteiger partial charge in [0.1, 0.15) is 16.6 Å². The van der Waals surface area contributed by atoms with Crippen LogP contribution in [-0.2, 0) is 18.4 Å². The summed E-state index contributed by atoms with van der Waals surface area (Å²) >= 11 is 0. The molecule has 2 aliphatic carbocycles. The predicted octanol–water partition coefficient (Wildman–Crippen LogP) is 4.28. The predicted molar refractivity (Wildman–Crippen MR) is 116 cm³/mol. The van der Waals surface area contributed by atoms with E-state index in [4.69, 9.17) is 13.6 Å².